The van der Waals surface area contributed by atoms with E-state index >= 15 is 0 Å². The van der Waals surface area contributed by atoms with Crippen LogP contribution in [0.5, 0.6) is 0 Å². The minimum absolute atomic E-state index is 0.0874. The number of carbonyl (C=O) groups excluding carboxylic acids is 2. The van der Waals surface area contributed by atoms with Crippen molar-refractivity contribution in [3.8, 4) is 0 Å². The van der Waals surface area contributed by atoms with Crippen molar-refractivity contribution in [2.75, 3.05) is 13.6 Å². The third-order valence-electron chi connectivity index (χ3n) is 2.99. The van der Waals surface area contributed by atoms with Gasteiger partial charge in [-0.3, -0.25) is 9.59 Å². The minimum atomic E-state index is -0.375. The Bertz CT molecular complexity index is 522. The average molecular weight is 302 g/mol. The first-order valence-corrected chi connectivity index (χ1v) is 6.60. The number of pyridine rings is 1. The molecule has 0 spiro atoms. The van der Waals surface area contributed by atoms with Crippen molar-refractivity contribution in [3.05, 3.63) is 28.0 Å². The molecule has 1 unspecified atom stereocenters. The molecule has 19 heavy (non-hydrogen) atoms. The number of carbonyl (C=O) groups is 2. The summed E-state index contributed by atoms with van der Waals surface area (Å²) in [6.07, 6.45) is 1.05. The highest BCUT2D eigenvalue weighted by atomic mass is 35.5. The number of rotatable bonds is 2. The van der Waals surface area contributed by atoms with Gasteiger partial charge in [-0.1, -0.05) is 23.2 Å². The summed E-state index contributed by atoms with van der Waals surface area (Å²) in [4.78, 5) is 28.9. The van der Waals surface area contributed by atoms with Crippen molar-refractivity contribution in [2.45, 2.75) is 18.9 Å². The summed E-state index contributed by atoms with van der Waals surface area (Å²) in [7, 11) is 1.71. The summed E-state index contributed by atoms with van der Waals surface area (Å²) in [5.41, 5.74) is 0.105. The third kappa shape index (κ3) is 3.36. The maximum atomic E-state index is 12.1. The molecule has 2 rings (SSSR count). The fraction of sp³-hybridized carbons (Fsp3) is 0.417. The van der Waals surface area contributed by atoms with E-state index in [0.717, 1.165) is 0 Å². The Labute approximate surface area is 120 Å². The molecule has 0 aliphatic carbocycles. The molecule has 2 amide bonds. The van der Waals surface area contributed by atoms with E-state index in [1.54, 1.807) is 11.9 Å². The molecule has 102 valence electrons. The van der Waals surface area contributed by atoms with Crippen LogP contribution in [-0.4, -0.2) is 41.3 Å². The predicted octanol–water partition coefficient (Wildman–Crippen LogP) is 1.74. The van der Waals surface area contributed by atoms with E-state index in [0.29, 0.717) is 19.4 Å². The molecule has 5 nitrogen and oxygen atoms in total. The number of nitrogens with one attached hydrogen (secondary N) is 1. The van der Waals surface area contributed by atoms with Crippen molar-refractivity contribution < 1.29 is 9.59 Å². The van der Waals surface area contributed by atoms with E-state index in [9.17, 15) is 9.59 Å². The highest BCUT2D eigenvalue weighted by Gasteiger charge is 2.25. The summed E-state index contributed by atoms with van der Waals surface area (Å²) in [6, 6.07) is 2.96. The maximum absolute atomic E-state index is 12.1. The quantitative estimate of drug-likeness (QED) is 0.846. The van der Waals surface area contributed by atoms with E-state index in [1.807, 2.05) is 0 Å². The Hall–Kier alpha value is -1.33. The second-order valence-electron chi connectivity index (χ2n) is 4.45. The van der Waals surface area contributed by atoms with Gasteiger partial charge in [-0.25, -0.2) is 4.98 Å². The van der Waals surface area contributed by atoms with Crippen LogP contribution in [0.2, 0.25) is 10.2 Å². The van der Waals surface area contributed by atoms with Crippen molar-refractivity contribution >= 4 is 35.0 Å². The van der Waals surface area contributed by atoms with Crippen molar-refractivity contribution in [2.24, 2.45) is 0 Å². The van der Waals surface area contributed by atoms with Gasteiger partial charge in [0.2, 0.25) is 5.91 Å². The molecule has 1 N–H and O–H groups in total. The molecule has 1 atom stereocenters. The first-order chi connectivity index (χ1) is 8.97. The largest absolute Gasteiger partial charge is 0.346 e. The number of amides is 2. The Kier molecular flexibility index (Phi) is 4.27. The number of aromatic nitrogens is 1. The van der Waals surface area contributed by atoms with Crippen LogP contribution >= 0.6 is 23.2 Å². The number of nitrogens with zero attached hydrogens (tertiary/aromatic N) is 2. The van der Waals surface area contributed by atoms with E-state index in [-0.39, 0.29) is 33.7 Å². The predicted molar refractivity (Wildman–Crippen MR) is 72.4 cm³/mol. The molecule has 2 heterocycles. The molecule has 1 fully saturated rings. The van der Waals surface area contributed by atoms with Crippen LogP contribution in [0.4, 0.5) is 0 Å². The van der Waals surface area contributed by atoms with Gasteiger partial charge in [-0.15, -0.1) is 0 Å². The van der Waals surface area contributed by atoms with Gasteiger partial charge in [0.1, 0.15) is 10.8 Å². The SMILES string of the molecule is CN1CC(NC(=O)c2nc(Cl)ccc2Cl)CCC1=O. The zero-order chi connectivity index (χ0) is 14.0. The van der Waals surface area contributed by atoms with Crippen molar-refractivity contribution in [3.63, 3.8) is 0 Å². The van der Waals surface area contributed by atoms with Crippen LogP contribution in [0.1, 0.15) is 23.3 Å². The van der Waals surface area contributed by atoms with Crippen LogP contribution in [0.25, 0.3) is 0 Å². The number of halogens is 2. The lowest BCUT2D eigenvalue weighted by Crippen LogP contribution is -2.48. The lowest BCUT2D eigenvalue weighted by molar-refractivity contribution is -0.132. The van der Waals surface area contributed by atoms with Crippen LogP contribution in [0.3, 0.4) is 0 Å². The maximum Gasteiger partial charge on any atom is 0.271 e. The normalized spacial score (nSPS) is 19.4. The fourth-order valence-corrected chi connectivity index (χ4v) is 2.30. The first kappa shape index (κ1) is 14.1. The first-order valence-electron chi connectivity index (χ1n) is 5.84. The number of likely N-dealkylation sites (tertiary alicyclic amines) is 1. The second kappa shape index (κ2) is 5.75. The Morgan fingerprint density at radius 1 is 1.47 bits per heavy atom. The molecule has 0 bridgehead atoms. The molecule has 1 aliphatic heterocycles. The Morgan fingerprint density at radius 2 is 2.21 bits per heavy atom. The van der Waals surface area contributed by atoms with Gasteiger partial charge in [0.25, 0.3) is 5.91 Å². The third-order valence-corrected chi connectivity index (χ3v) is 3.50. The van der Waals surface area contributed by atoms with Crippen LogP contribution in [0.15, 0.2) is 12.1 Å². The van der Waals surface area contributed by atoms with Gasteiger partial charge in [-0.2, -0.15) is 0 Å². The van der Waals surface area contributed by atoms with Crippen LogP contribution in [0, 0.1) is 0 Å². The van der Waals surface area contributed by atoms with Crippen LogP contribution in [-0.2, 0) is 4.79 Å². The standard InChI is InChI=1S/C12H13Cl2N3O2/c1-17-6-7(2-5-10(17)18)15-12(19)11-8(13)3-4-9(14)16-11/h3-4,7H,2,5-6H2,1H3,(H,15,19). The average Bonchev–Trinajstić information content (AvgIpc) is 2.36. The zero-order valence-electron chi connectivity index (χ0n) is 10.3. The van der Waals surface area contributed by atoms with Crippen molar-refractivity contribution in [1.82, 2.24) is 15.2 Å². The molecule has 1 aromatic rings. The smallest absolute Gasteiger partial charge is 0.271 e. The zero-order valence-corrected chi connectivity index (χ0v) is 11.8. The number of hydrogen-bond acceptors (Lipinski definition) is 3. The van der Waals surface area contributed by atoms with E-state index in [2.05, 4.69) is 10.3 Å². The topological polar surface area (TPSA) is 62.3 Å². The lowest BCUT2D eigenvalue weighted by atomic mass is 10.1. The molecule has 0 radical (unpaired) electrons. The summed E-state index contributed by atoms with van der Waals surface area (Å²) >= 11 is 11.7. The van der Waals surface area contributed by atoms with Gasteiger partial charge >= 0.3 is 0 Å². The van der Waals surface area contributed by atoms with Gasteiger partial charge in [0, 0.05) is 26.1 Å². The van der Waals surface area contributed by atoms with E-state index in [4.69, 9.17) is 23.2 Å². The van der Waals surface area contributed by atoms with Crippen molar-refractivity contribution in [1.29, 1.82) is 0 Å². The Balaban J connectivity index is 2.05. The molecular formula is C12H13Cl2N3O2. The molecule has 1 aliphatic rings. The Morgan fingerprint density at radius 3 is 2.89 bits per heavy atom. The molecule has 1 saturated heterocycles. The molecule has 0 saturated carbocycles. The summed E-state index contributed by atoms with van der Waals surface area (Å²) in [6.45, 7) is 0.489. The monoisotopic (exact) mass is 301 g/mol. The van der Waals surface area contributed by atoms with Gasteiger partial charge < -0.3 is 10.2 Å². The molecule has 1 aromatic heterocycles. The molecular weight excluding hydrogens is 289 g/mol. The minimum Gasteiger partial charge on any atom is -0.346 e. The van der Waals surface area contributed by atoms with E-state index in [1.165, 1.54) is 12.1 Å². The van der Waals surface area contributed by atoms with E-state index < -0.39 is 0 Å². The summed E-state index contributed by atoms with van der Waals surface area (Å²) in [5, 5.41) is 3.28. The summed E-state index contributed by atoms with van der Waals surface area (Å²) in [5.74, 6) is -0.287. The highest BCUT2D eigenvalue weighted by Crippen LogP contribution is 2.17. The second-order valence-corrected chi connectivity index (χ2v) is 5.24. The lowest BCUT2D eigenvalue weighted by Gasteiger charge is -2.30. The number of piperidine rings is 1. The summed E-state index contributed by atoms with van der Waals surface area (Å²) < 4.78 is 0. The molecule has 7 heteroatoms. The van der Waals surface area contributed by atoms with Crippen LogP contribution < -0.4 is 5.32 Å². The number of hydrogen-bond donors (Lipinski definition) is 1. The van der Waals surface area contributed by atoms with Gasteiger partial charge in [0.15, 0.2) is 0 Å². The number of likely N-dealkylation sites (N-methyl/N-ethyl adjacent to an activating group) is 1. The molecule has 0 aromatic carbocycles. The fourth-order valence-electron chi connectivity index (χ4n) is 1.96. The van der Waals surface area contributed by atoms with Gasteiger partial charge in [0.05, 0.1) is 5.02 Å². The highest BCUT2D eigenvalue weighted by molar-refractivity contribution is 6.34. The van der Waals surface area contributed by atoms with Gasteiger partial charge in [-0.05, 0) is 18.6 Å².